The fourth-order valence-electron chi connectivity index (χ4n) is 2.98. The van der Waals surface area contributed by atoms with Crippen LogP contribution in [0.1, 0.15) is 45.6 Å². The molecule has 0 N–H and O–H groups in total. The summed E-state index contributed by atoms with van der Waals surface area (Å²) in [5.74, 6) is -0.133. The van der Waals surface area contributed by atoms with Crippen LogP contribution in [-0.4, -0.2) is 47.0 Å². The molecule has 1 aliphatic heterocycles. The Balaban J connectivity index is 2.13. The van der Waals surface area contributed by atoms with E-state index in [1.165, 1.54) is 0 Å². The summed E-state index contributed by atoms with van der Waals surface area (Å²) in [7, 11) is 1.70. The number of likely N-dealkylation sites (N-methyl/N-ethyl adjacent to an activating group) is 1. The Kier molecular flexibility index (Phi) is 6.80. The monoisotopic (exact) mass is 400 g/mol. The van der Waals surface area contributed by atoms with Gasteiger partial charge in [-0.2, -0.15) is 0 Å². The van der Waals surface area contributed by atoms with Crippen molar-refractivity contribution in [1.29, 1.82) is 0 Å². The summed E-state index contributed by atoms with van der Waals surface area (Å²) in [6.45, 7) is 6.26. The molecular weight excluding hydrogens is 375 g/mol. The van der Waals surface area contributed by atoms with E-state index in [4.69, 9.17) is 27.9 Å². The summed E-state index contributed by atoms with van der Waals surface area (Å²) in [6.07, 6.45) is 1.94. The molecule has 1 aromatic rings. The predicted molar refractivity (Wildman–Crippen MR) is 104 cm³/mol. The molecule has 1 heterocycles. The molecule has 144 valence electrons. The quantitative estimate of drug-likeness (QED) is 0.735. The third-order valence-corrected chi connectivity index (χ3v) is 4.96. The van der Waals surface area contributed by atoms with E-state index in [2.05, 4.69) is 0 Å². The van der Waals surface area contributed by atoms with Crippen LogP contribution in [0.4, 0.5) is 4.79 Å². The Bertz CT molecular complexity index is 653. The zero-order valence-electron chi connectivity index (χ0n) is 15.7. The molecule has 1 aliphatic rings. The van der Waals surface area contributed by atoms with E-state index in [1.54, 1.807) is 35.0 Å². The number of ether oxygens (including phenoxy) is 1. The van der Waals surface area contributed by atoms with Crippen LogP contribution < -0.4 is 0 Å². The van der Waals surface area contributed by atoms with Crippen LogP contribution in [0, 0.1) is 0 Å². The van der Waals surface area contributed by atoms with E-state index in [9.17, 15) is 9.59 Å². The van der Waals surface area contributed by atoms with Crippen molar-refractivity contribution >= 4 is 35.2 Å². The molecule has 2 rings (SSSR count). The molecule has 0 aromatic heterocycles. The van der Waals surface area contributed by atoms with E-state index in [0.29, 0.717) is 28.6 Å². The van der Waals surface area contributed by atoms with E-state index in [1.807, 2.05) is 20.8 Å². The third-order valence-electron chi connectivity index (χ3n) is 4.25. The SMILES string of the molecule is CN(Cc1c(Cl)cccc1Cl)C(=O)C1CCCCN1C(=O)OC(C)(C)C. The first-order valence-corrected chi connectivity index (χ1v) is 9.53. The Hall–Kier alpha value is -1.46. The van der Waals surface area contributed by atoms with Crippen molar-refractivity contribution in [1.82, 2.24) is 9.80 Å². The van der Waals surface area contributed by atoms with Crippen LogP contribution in [0.25, 0.3) is 0 Å². The van der Waals surface area contributed by atoms with E-state index in [-0.39, 0.29) is 12.5 Å². The van der Waals surface area contributed by atoms with Gasteiger partial charge in [-0.3, -0.25) is 9.69 Å². The summed E-state index contributed by atoms with van der Waals surface area (Å²) in [4.78, 5) is 28.6. The number of halogens is 2. The van der Waals surface area contributed by atoms with Gasteiger partial charge in [0.05, 0.1) is 0 Å². The molecule has 0 radical (unpaired) electrons. The lowest BCUT2D eigenvalue weighted by Gasteiger charge is -2.37. The maximum atomic E-state index is 13.0. The predicted octanol–water partition coefficient (Wildman–Crippen LogP) is 4.74. The van der Waals surface area contributed by atoms with Crippen LogP contribution >= 0.6 is 23.2 Å². The van der Waals surface area contributed by atoms with Gasteiger partial charge in [-0.15, -0.1) is 0 Å². The van der Waals surface area contributed by atoms with Crippen LogP contribution in [-0.2, 0) is 16.1 Å². The van der Waals surface area contributed by atoms with Crippen molar-refractivity contribution in [3.05, 3.63) is 33.8 Å². The van der Waals surface area contributed by atoms with Gasteiger partial charge >= 0.3 is 6.09 Å². The Labute approximate surface area is 165 Å². The molecule has 2 amide bonds. The average Bonchev–Trinajstić information content (AvgIpc) is 2.56. The summed E-state index contributed by atoms with van der Waals surface area (Å²) < 4.78 is 5.47. The number of benzene rings is 1. The van der Waals surface area contributed by atoms with Gasteiger partial charge in [0.15, 0.2) is 0 Å². The van der Waals surface area contributed by atoms with E-state index in [0.717, 1.165) is 12.8 Å². The van der Waals surface area contributed by atoms with Crippen LogP contribution in [0.5, 0.6) is 0 Å². The number of hydrogen-bond donors (Lipinski definition) is 0. The molecule has 0 aliphatic carbocycles. The minimum absolute atomic E-state index is 0.133. The molecule has 1 aromatic carbocycles. The molecular formula is C19H26Cl2N2O3. The van der Waals surface area contributed by atoms with Crippen molar-refractivity contribution in [2.24, 2.45) is 0 Å². The number of carbonyl (C=O) groups is 2. The molecule has 0 spiro atoms. The summed E-state index contributed by atoms with van der Waals surface area (Å²) in [6, 6.07) is 4.73. The van der Waals surface area contributed by atoms with Gasteiger partial charge in [-0.05, 0) is 52.2 Å². The summed E-state index contributed by atoms with van der Waals surface area (Å²) >= 11 is 12.4. The Morgan fingerprint density at radius 2 is 1.85 bits per heavy atom. The van der Waals surface area contributed by atoms with Gasteiger partial charge < -0.3 is 9.64 Å². The van der Waals surface area contributed by atoms with Gasteiger partial charge in [0.1, 0.15) is 11.6 Å². The molecule has 1 saturated heterocycles. The summed E-state index contributed by atoms with van der Waals surface area (Å²) in [5.41, 5.74) is 0.102. The van der Waals surface area contributed by atoms with Crippen LogP contribution in [0.15, 0.2) is 18.2 Å². The van der Waals surface area contributed by atoms with E-state index >= 15 is 0 Å². The van der Waals surface area contributed by atoms with Crippen molar-refractivity contribution in [2.75, 3.05) is 13.6 Å². The molecule has 0 saturated carbocycles. The first-order valence-electron chi connectivity index (χ1n) is 8.77. The molecule has 7 heteroatoms. The van der Waals surface area contributed by atoms with Gasteiger partial charge in [-0.1, -0.05) is 29.3 Å². The van der Waals surface area contributed by atoms with Crippen molar-refractivity contribution in [3.8, 4) is 0 Å². The molecule has 1 fully saturated rings. The number of carbonyl (C=O) groups excluding carboxylic acids is 2. The van der Waals surface area contributed by atoms with Crippen molar-refractivity contribution < 1.29 is 14.3 Å². The second-order valence-electron chi connectivity index (χ2n) is 7.58. The van der Waals surface area contributed by atoms with Gasteiger partial charge in [0, 0.05) is 35.7 Å². The lowest BCUT2D eigenvalue weighted by Crippen LogP contribution is -2.53. The zero-order valence-corrected chi connectivity index (χ0v) is 17.2. The normalized spacial score (nSPS) is 17.8. The van der Waals surface area contributed by atoms with Gasteiger partial charge in [0.25, 0.3) is 0 Å². The topological polar surface area (TPSA) is 49.9 Å². The average molecular weight is 401 g/mol. The molecule has 26 heavy (non-hydrogen) atoms. The number of piperidine rings is 1. The minimum Gasteiger partial charge on any atom is -0.444 e. The van der Waals surface area contributed by atoms with Crippen molar-refractivity contribution in [3.63, 3.8) is 0 Å². The lowest BCUT2D eigenvalue weighted by molar-refractivity contribution is -0.137. The molecule has 0 bridgehead atoms. The maximum Gasteiger partial charge on any atom is 0.410 e. The van der Waals surface area contributed by atoms with Gasteiger partial charge in [0.2, 0.25) is 5.91 Å². The highest BCUT2D eigenvalue weighted by Crippen LogP contribution is 2.27. The van der Waals surface area contributed by atoms with Crippen LogP contribution in [0.2, 0.25) is 10.0 Å². The highest BCUT2D eigenvalue weighted by molar-refractivity contribution is 6.36. The second-order valence-corrected chi connectivity index (χ2v) is 8.39. The number of nitrogens with zero attached hydrogens (tertiary/aromatic N) is 2. The Morgan fingerprint density at radius 1 is 1.23 bits per heavy atom. The largest absolute Gasteiger partial charge is 0.444 e. The molecule has 1 unspecified atom stereocenters. The number of hydrogen-bond acceptors (Lipinski definition) is 3. The minimum atomic E-state index is -0.598. The lowest BCUT2D eigenvalue weighted by atomic mass is 10.0. The van der Waals surface area contributed by atoms with E-state index < -0.39 is 17.7 Å². The summed E-state index contributed by atoms with van der Waals surface area (Å²) in [5, 5.41) is 1.04. The number of rotatable bonds is 3. The van der Waals surface area contributed by atoms with Crippen LogP contribution in [0.3, 0.4) is 0 Å². The molecule has 1 atom stereocenters. The first-order chi connectivity index (χ1) is 12.1. The highest BCUT2D eigenvalue weighted by atomic mass is 35.5. The fraction of sp³-hybridized carbons (Fsp3) is 0.579. The second kappa shape index (κ2) is 8.49. The maximum absolute atomic E-state index is 13.0. The first kappa shape index (κ1) is 20.8. The third kappa shape index (κ3) is 5.27. The smallest absolute Gasteiger partial charge is 0.410 e. The number of likely N-dealkylation sites (tertiary alicyclic amines) is 1. The molecule has 5 nitrogen and oxygen atoms in total. The Morgan fingerprint density at radius 3 is 2.42 bits per heavy atom. The van der Waals surface area contributed by atoms with Crippen molar-refractivity contribution in [2.45, 2.75) is 58.2 Å². The highest BCUT2D eigenvalue weighted by Gasteiger charge is 2.36. The fourth-order valence-corrected chi connectivity index (χ4v) is 3.50. The van der Waals surface area contributed by atoms with Gasteiger partial charge in [-0.25, -0.2) is 4.79 Å². The number of amides is 2. The standard InChI is InChI=1S/C19H26Cl2N2O3/c1-19(2,3)26-18(25)23-11-6-5-10-16(23)17(24)22(4)12-13-14(20)8-7-9-15(13)21/h7-9,16H,5-6,10-12H2,1-4H3. The zero-order chi connectivity index (χ0) is 19.5.